The number of benzene rings is 8. The van der Waals surface area contributed by atoms with Gasteiger partial charge < -0.3 is 4.74 Å². The van der Waals surface area contributed by atoms with Gasteiger partial charge in [-0.3, -0.25) is 0 Å². The van der Waals surface area contributed by atoms with Crippen LogP contribution in [0.15, 0.2) is 200 Å². The summed E-state index contributed by atoms with van der Waals surface area (Å²) in [5.74, 6) is 1.41. The van der Waals surface area contributed by atoms with Crippen LogP contribution in [0.2, 0.25) is 0 Å². The molecule has 0 saturated heterocycles. The average Bonchev–Trinajstić information content (AvgIpc) is 3.34. The first-order chi connectivity index (χ1) is 31.3. The van der Waals surface area contributed by atoms with E-state index < -0.39 is 0 Å². The van der Waals surface area contributed by atoms with E-state index in [4.69, 9.17) is 4.74 Å². The smallest absolute Gasteiger partial charge is 0.118 e. The van der Waals surface area contributed by atoms with Gasteiger partial charge in [0.2, 0.25) is 0 Å². The van der Waals surface area contributed by atoms with Gasteiger partial charge in [0, 0.05) is 5.92 Å². The molecular weight excluding hydrogens is 797 g/mol. The van der Waals surface area contributed by atoms with Gasteiger partial charge in [0.1, 0.15) is 5.75 Å². The van der Waals surface area contributed by atoms with Crippen molar-refractivity contribution in [3.8, 4) is 5.75 Å². The van der Waals surface area contributed by atoms with Crippen LogP contribution >= 0.6 is 0 Å². The number of aryl methyl sites for hydroxylation is 6. The van der Waals surface area contributed by atoms with Crippen LogP contribution < -0.4 is 4.74 Å². The van der Waals surface area contributed by atoms with Crippen LogP contribution in [0.25, 0.3) is 10.8 Å². The molecule has 0 unspecified atom stereocenters. The van der Waals surface area contributed by atoms with E-state index in [9.17, 15) is 0 Å². The van der Waals surface area contributed by atoms with Crippen LogP contribution in [0.1, 0.15) is 124 Å². The van der Waals surface area contributed by atoms with Crippen molar-refractivity contribution < 1.29 is 4.74 Å². The Hall–Kier alpha value is -6.18. The Labute approximate surface area is 403 Å². The molecule has 0 saturated carbocycles. The minimum absolute atomic E-state index is 0. The Kier molecular flexibility index (Phi) is 26.2. The molecule has 8 aromatic rings. The van der Waals surface area contributed by atoms with E-state index in [0.717, 1.165) is 18.6 Å². The zero-order chi connectivity index (χ0) is 47.5. The first-order valence-electron chi connectivity index (χ1n) is 23.6. The average molecular weight is 879 g/mol. The summed E-state index contributed by atoms with van der Waals surface area (Å²) in [6.45, 7) is 24.2. The molecule has 0 radical (unpaired) electrons. The quantitative estimate of drug-likeness (QED) is 0.155. The Balaban J connectivity index is 0.000000273. The fraction of sp³-hybridized carbons (Fsp3) is 0.292. The SMILES string of the molecule is C.CC(c1ccccc1)c1ccccc1.CCCc1ccccc1.CCc1ccc(C)cc1.CCc1ccc(OC)cc1.Cc1cccc(C(C)(C)C)c1C.Cc1cccc2ccccc12. The van der Waals surface area contributed by atoms with Crippen LogP contribution in [0.4, 0.5) is 0 Å². The second-order valence-electron chi connectivity index (χ2n) is 17.6. The Bertz CT molecular complexity index is 2370. The Morgan fingerprint density at radius 1 is 0.455 bits per heavy atom. The van der Waals surface area contributed by atoms with Gasteiger partial charge in [0.15, 0.2) is 0 Å². The number of ether oxygens (including phenoxy) is 1. The normalized spacial score (nSPS) is 10.1. The molecule has 0 aliphatic carbocycles. The first kappa shape index (κ1) is 56.0. The molecule has 0 aliphatic heterocycles. The monoisotopic (exact) mass is 879 g/mol. The molecule has 0 amide bonds. The molecule has 0 fully saturated rings. The van der Waals surface area contributed by atoms with E-state index in [1.54, 1.807) is 7.11 Å². The molecule has 1 heteroatoms. The third-order valence-corrected chi connectivity index (χ3v) is 11.5. The zero-order valence-electron chi connectivity index (χ0n) is 41.9. The molecule has 0 bridgehead atoms. The first-order valence-corrected chi connectivity index (χ1v) is 23.6. The van der Waals surface area contributed by atoms with Crippen LogP contribution in [0.5, 0.6) is 5.75 Å². The van der Waals surface area contributed by atoms with Crippen molar-refractivity contribution in [2.24, 2.45) is 0 Å². The lowest BCUT2D eigenvalue weighted by molar-refractivity contribution is 0.414. The molecule has 8 aromatic carbocycles. The predicted molar refractivity (Wildman–Crippen MR) is 294 cm³/mol. The van der Waals surface area contributed by atoms with Gasteiger partial charge in [-0.1, -0.05) is 256 Å². The van der Waals surface area contributed by atoms with Gasteiger partial charge in [0.05, 0.1) is 7.11 Å². The molecule has 0 N–H and O–H groups in total. The minimum Gasteiger partial charge on any atom is -0.497 e. The van der Waals surface area contributed by atoms with Crippen LogP contribution in [-0.2, 0) is 24.7 Å². The highest BCUT2D eigenvalue weighted by atomic mass is 16.5. The molecule has 66 heavy (non-hydrogen) atoms. The van der Waals surface area contributed by atoms with Crippen molar-refractivity contribution in [3.05, 3.63) is 256 Å². The van der Waals surface area contributed by atoms with Gasteiger partial charge in [-0.15, -0.1) is 0 Å². The summed E-state index contributed by atoms with van der Waals surface area (Å²) in [6.07, 6.45) is 4.68. The van der Waals surface area contributed by atoms with Crippen molar-refractivity contribution in [1.29, 1.82) is 0 Å². The van der Waals surface area contributed by atoms with E-state index >= 15 is 0 Å². The van der Waals surface area contributed by atoms with Crippen LogP contribution in [0.3, 0.4) is 0 Å². The summed E-state index contributed by atoms with van der Waals surface area (Å²) in [4.78, 5) is 0. The number of rotatable bonds is 7. The Morgan fingerprint density at radius 3 is 1.35 bits per heavy atom. The van der Waals surface area contributed by atoms with E-state index in [-0.39, 0.29) is 12.8 Å². The molecule has 0 aromatic heterocycles. The molecule has 0 heterocycles. The topological polar surface area (TPSA) is 9.23 Å². The lowest BCUT2D eigenvalue weighted by Crippen LogP contribution is -2.13. The van der Waals surface area contributed by atoms with Crippen molar-refractivity contribution in [1.82, 2.24) is 0 Å². The van der Waals surface area contributed by atoms with Gasteiger partial charge in [-0.05, 0) is 125 Å². The summed E-state index contributed by atoms with van der Waals surface area (Å²) in [5, 5.41) is 2.68. The number of methoxy groups -OCH3 is 1. The molecule has 0 atom stereocenters. The largest absolute Gasteiger partial charge is 0.497 e. The maximum atomic E-state index is 5.01. The Morgan fingerprint density at radius 2 is 0.894 bits per heavy atom. The summed E-state index contributed by atoms with van der Waals surface area (Å²) in [7, 11) is 1.68. The maximum absolute atomic E-state index is 5.01. The van der Waals surface area contributed by atoms with Gasteiger partial charge in [0.25, 0.3) is 0 Å². The van der Waals surface area contributed by atoms with Gasteiger partial charge >= 0.3 is 0 Å². The van der Waals surface area contributed by atoms with Crippen LogP contribution in [0, 0.1) is 27.7 Å². The van der Waals surface area contributed by atoms with E-state index in [1.165, 1.54) is 79.2 Å². The second-order valence-corrected chi connectivity index (χ2v) is 17.6. The van der Waals surface area contributed by atoms with Gasteiger partial charge in [-0.25, -0.2) is 0 Å². The van der Waals surface area contributed by atoms with E-state index in [1.807, 2.05) is 12.1 Å². The fourth-order valence-corrected chi connectivity index (χ4v) is 7.25. The van der Waals surface area contributed by atoms with Gasteiger partial charge in [-0.2, -0.15) is 0 Å². The molecular formula is C65H82O. The lowest BCUT2D eigenvalue weighted by Gasteiger charge is -2.22. The summed E-state index contributed by atoms with van der Waals surface area (Å²) in [6, 6.07) is 69.9. The highest BCUT2D eigenvalue weighted by Crippen LogP contribution is 2.27. The van der Waals surface area contributed by atoms with Crippen molar-refractivity contribution in [3.63, 3.8) is 0 Å². The maximum Gasteiger partial charge on any atom is 0.118 e. The van der Waals surface area contributed by atoms with Crippen LogP contribution in [-0.4, -0.2) is 7.11 Å². The molecule has 348 valence electrons. The number of hydrogen-bond donors (Lipinski definition) is 0. The van der Waals surface area contributed by atoms with E-state index in [0.29, 0.717) is 5.92 Å². The summed E-state index contributed by atoms with van der Waals surface area (Å²) < 4.78 is 5.01. The molecule has 0 aliphatic rings. The fourth-order valence-electron chi connectivity index (χ4n) is 7.25. The van der Waals surface area contributed by atoms with Crippen molar-refractivity contribution in [2.45, 2.75) is 121 Å². The molecule has 8 rings (SSSR count). The second kappa shape index (κ2) is 30.9. The molecule has 0 spiro atoms. The van der Waals surface area contributed by atoms with Crippen molar-refractivity contribution in [2.75, 3.05) is 7.11 Å². The predicted octanol–water partition coefficient (Wildman–Crippen LogP) is 18.7. The molecule has 1 nitrogen and oxygen atoms in total. The highest BCUT2D eigenvalue weighted by molar-refractivity contribution is 5.85. The number of hydrogen-bond acceptors (Lipinski definition) is 1. The minimum atomic E-state index is 0. The third kappa shape index (κ3) is 20.3. The highest BCUT2D eigenvalue weighted by Gasteiger charge is 2.16. The standard InChI is InChI=1S/C14H14.C12H18.C11H10.C9H12O.2C9H12.CH4/c1-12(13-8-4-2-5-9-13)14-10-6-3-7-11-14;1-9-7-6-8-11(10(9)2)12(3,4)5;1-9-5-4-7-10-6-2-3-8-11(9)10;1-3-8-4-6-9(10-2)7-5-8;1-3-9-6-4-8(2)5-7-9;1-2-6-9-7-4-3-5-8-9;/h2-12H,1H3;6-8H,1-5H3;2-8H,1H3;4-7H,3H2,1-2H3;4-7H,3H2,1-2H3;3-5,7-8H,2,6H2,1H3;1H4. The summed E-state index contributed by atoms with van der Waals surface area (Å²) >= 11 is 0. The summed E-state index contributed by atoms with van der Waals surface area (Å²) in [5.41, 5.74) is 14.2. The van der Waals surface area contributed by atoms with E-state index in [2.05, 4.69) is 264 Å². The number of fused-ring (bicyclic) bond motifs is 1. The third-order valence-electron chi connectivity index (χ3n) is 11.5. The van der Waals surface area contributed by atoms with Crippen molar-refractivity contribution >= 4 is 10.8 Å². The zero-order valence-corrected chi connectivity index (χ0v) is 41.9. The lowest BCUT2D eigenvalue weighted by atomic mass is 9.83.